The third kappa shape index (κ3) is 5.81. The maximum absolute atomic E-state index is 13.4. The Morgan fingerprint density at radius 2 is 1.64 bits per heavy atom. The fourth-order valence-electron chi connectivity index (χ4n) is 2.68. The van der Waals surface area contributed by atoms with Gasteiger partial charge in [-0.05, 0) is 0 Å². The molecule has 0 N–H and O–H groups in total. The van der Waals surface area contributed by atoms with E-state index >= 15 is 0 Å². The average Bonchev–Trinajstić information content (AvgIpc) is 2.69. The normalized spacial score (nSPS) is 12.4. The number of aryl methyl sites for hydroxylation is 1. The quantitative estimate of drug-likeness (QED) is 0.245. The molecule has 0 unspecified atom stereocenters. The molecule has 28 heavy (non-hydrogen) atoms. The van der Waals surface area contributed by atoms with Gasteiger partial charge in [-0.15, -0.1) is 0 Å². The van der Waals surface area contributed by atoms with E-state index in [4.69, 9.17) is 4.74 Å². The summed E-state index contributed by atoms with van der Waals surface area (Å²) in [6.07, 6.45) is 3.40. The molecular formula is C22H26O4SSe. The standard InChI is InChI=1S/C22H26O4SSe/c1-4-5-7-12-20(28-19-10-8-6-9-11-19)21(22(23)26-3)27(24,25)18-15-13-17(2)14-16-18/h6,8-11,13-16H,4-5,7,12H2,1-3H3/b21-20+. The molecule has 0 aliphatic heterocycles. The van der Waals surface area contributed by atoms with Gasteiger partial charge < -0.3 is 0 Å². The zero-order valence-electron chi connectivity index (χ0n) is 16.5. The first-order valence-corrected chi connectivity index (χ1v) is 12.5. The second-order valence-electron chi connectivity index (χ2n) is 6.43. The van der Waals surface area contributed by atoms with Crippen LogP contribution in [0.1, 0.15) is 38.2 Å². The van der Waals surface area contributed by atoms with Gasteiger partial charge in [0.1, 0.15) is 0 Å². The van der Waals surface area contributed by atoms with Crippen molar-refractivity contribution in [2.24, 2.45) is 0 Å². The Morgan fingerprint density at radius 1 is 1.00 bits per heavy atom. The first-order valence-electron chi connectivity index (χ1n) is 9.26. The number of benzene rings is 2. The van der Waals surface area contributed by atoms with Gasteiger partial charge in [0.2, 0.25) is 0 Å². The Hall–Kier alpha value is -1.88. The third-order valence-electron chi connectivity index (χ3n) is 4.22. The number of sulfone groups is 1. The Labute approximate surface area is 174 Å². The summed E-state index contributed by atoms with van der Waals surface area (Å²) >= 11 is -0.281. The number of unbranched alkanes of at least 4 members (excludes halogenated alkanes) is 2. The summed E-state index contributed by atoms with van der Waals surface area (Å²) in [4.78, 5) is 12.5. The first kappa shape index (κ1) is 22.4. The Balaban J connectivity index is 2.60. The molecule has 0 aliphatic rings. The number of hydrogen-bond donors (Lipinski definition) is 0. The van der Waals surface area contributed by atoms with Crippen molar-refractivity contribution >= 4 is 35.2 Å². The monoisotopic (exact) mass is 466 g/mol. The van der Waals surface area contributed by atoms with E-state index in [1.807, 2.05) is 37.3 Å². The Bertz CT molecular complexity index is 917. The molecule has 2 aromatic carbocycles. The van der Waals surface area contributed by atoms with Gasteiger partial charge in [0.05, 0.1) is 0 Å². The van der Waals surface area contributed by atoms with E-state index in [2.05, 4.69) is 6.92 Å². The molecule has 0 amide bonds. The topological polar surface area (TPSA) is 60.4 Å². The van der Waals surface area contributed by atoms with Gasteiger partial charge in [-0.2, -0.15) is 0 Å². The minimum absolute atomic E-state index is 0.121. The summed E-state index contributed by atoms with van der Waals surface area (Å²) in [6, 6.07) is 16.3. The molecular weight excluding hydrogens is 439 g/mol. The predicted molar refractivity (Wildman–Crippen MR) is 113 cm³/mol. The molecule has 150 valence electrons. The zero-order valence-corrected chi connectivity index (χ0v) is 19.0. The van der Waals surface area contributed by atoms with Crippen LogP contribution in [0, 0.1) is 6.92 Å². The van der Waals surface area contributed by atoms with Crippen molar-refractivity contribution in [1.29, 1.82) is 0 Å². The molecule has 0 radical (unpaired) electrons. The van der Waals surface area contributed by atoms with Crippen molar-refractivity contribution in [1.82, 2.24) is 0 Å². The molecule has 0 aromatic heterocycles. The number of allylic oxidation sites excluding steroid dienone is 1. The molecule has 2 rings (SSSR count). The Morgan fingerprint density at radius 3 is 2.21 bits per heavy atom. The van der Waals surface area contributed by atoms with E-state index < -0.39 is 15.8 Å². The fourth-order valence-corrected chi connectivity index (χ4v) is 7.12. The van der Waals surface area contributed by atoms with Crippen molar-refractivity contribution in [3.8, 4) is 0 Å². The van der Waals surface area contributed by atoms with Gasteiger partial charge >= 0.3 is 174 Å². The van der Waals surface area contributed by atoms with Crippen LogP contribution in [-0.4, -0.2) is 36.5 Å². The number of rotatable bonds is 9. The molecule has 0 saturated carbocycles. The number of esters is 1. The summed E-state index contributed by atoms with van der Waals surface area (Å²) in [5.74, 6) is -0.787. The summed E-state index contributed by atoms with van der Waals surface area (Å²) in [5, 5.41) is 0. The van der Waals surface area contributed by atoms with Gasteiger partial charge in [0, 0.05) is 0 Å². The van der Waals surface area contributed by atoms with Crippen LogP contribution >= 0.6 is 0 Å². The van der Waals surface area contributed by atoms with E-state index in [9.17, 15) is 13.2 Å². The van der Waals surface area contributed by atoms with Crippen molar-refractivity contribution in [3.63, 3.8) is 0 Å². The fraction of sp³-hybridized carbons (Fsp3) is 0.318. The molecule has 0 bridgehead atoms. The SMILES string of the molecule is CCCCC/C([Se]c1ccccc1)=C(/C(=O)OC)S(=O)(=O)c1ccc(C)cc1. The van der Waals surface area contributed by atoms with E-state index in [-0.39, 0.29) is 24.8 Å². The molecule has 0 fully saturated rings. The summed E-state index contributed by atoms with van der Waals surface area (Å²) in [6.45, 7) is 3.98. The second kappa shape index (κ2) is 10.6. The van der Waals surface area contributed by atoms with Gasteiger partial charge in [0.15, 0.2) is 0 Å². The van der Waals surface area contributed by atoms with Crippen LogP contribution in [0.5, 0.6) is 0 Å². The van der Waals surface area contributed by atoms with E-state index in [0.717, 1.165) is 29.3 Å². The third-order valence-corrected chi connectivity index (χ3v) is 8.79. The van der Waals surface area contributed by atoms with E-state index in [1.165, 1.54) is 7.11 Å². The van der Waals surface area contributed by atoms with Gasteiger partial charge in [-0.3, -0.25) is 0 Å². The number of hydrogen-bond acceptors (Lipinski definition) is 4. The maximum atomic E-state index is 13.4. The van der Waals surface area contributed by atoms with Gasteiger partial charge in [0.25, 0.3) is 0 Å². The van der Waals surface area contributed by atoms with E-state index in [1.54, 1.807) is 24.3 Å². The van der Waals surface area contributed by atoms with Crippen LogP contribution in [0.2, 0.25) is 0 Å². The first-order chi connectivity index (χ1) is 13.4. The van der Waals surface area contributed by atoms with Crippen molar-refractivity contribution in [3.05, 3.63) is 69.5 Å². The zero-order chi connectivity index (χ0) is 20.6. The number of ether oxygens (including phenoxy) is 1. The van der Waals surface area contributed by atoms with Gasteiger partial charge in [-0.1, -0.05) is 0 Å². The van der Waals surface area contributed by atoms with Crippen LogP contribution in [0.25, 0.3) is 0 Å². The number of carbonyl (C=O) groups is 1. The van der Waals surface area contributed by atoms with Crippen LogP contribution in [0.15, 0.2) is 68.9 Å². The summed E-state index contributed by atoms with van der Waals surface area (Å²) in [5.41, 5.74) is 0.958. The van der Waals surface area contributed by atoms with Crippen molar-refractivity contribution < 1.29 is 17.9 Å². The van der Waals surface area contributed by atoms with Gasteiger partial charge in [-0.25, -0.2) is 0 Å². The van der Waals surface area contributed by atoms with Crippen LogP contribution in [-0.2, 0) is 19.4 Å². The molecule has 2 aromatic rings. The number of carbonyl (C=O) groups excluding carboxylic acids is 1. The average molecular weight is 465 g/mol. The molecule has 4 nitrogen and oxygen atoms in total. The molecule has 0 spiro atoms. The molecule has 0 atom stereocenters. The van der Waals surface area contributed by atoms with Crippen LogP contribution in [0.3, 0.4) is 0 Å². The van der Waals surface area contributed by atoms with E-state index in [0.29, 0.717) is 10.9 Å². The molecule has 6 heteroatoms. The van der Waals surface area contributed by atoms with Crippen molar-refractivity contribution in [2.75, 3.05) is 7.11 Å². The molecule has 0 aliphatic carbocycles. The van der Waals surface area contributed by atoms with Crippen LogP contribution < -0.4 is 4.46 Å². The summed E-state index contributed by atoms with van der Waals surface area (Å²) in [7, 11) is -2.74. The summed E-state index contributed by atoms with van der Waals surface area (Å²) < 4.78 is 33.3. The number of methoxy groups -OCH3 is 1. The van der Waals surface area contributed by atoms with Crippen LogP contribution in [0.4, 0.5) is 0 Å². The Kier molecular flexibility index (Phi) is 8.49. The minimum atomic E-state index is -3.96. The molecule has 0 saturated heterocycles. The second-order valence-corrected chi connectivity index (χ2v) is 10.8. The molecule has 0 heterocycles. The van der Waals surface area contributed by atoms with Crippen molar-refractivity contribution in [2.45, 2.75) is 44.4 Å². The predicted octanol–water partition coefficient (Wildman–Crippen LogP) is 3.76.